The zero-order valence-electron chi connectivity index (χ0n) is 22.4. The number of hydrogen-bond donors (Lipinski definition) is 1. The molecule has 7 nitrogen and oxygen atoms in total. The van der Waals surface area contributed by atoms with Crippen molar-refractivity contribution in [2.75, 3.05) is 7.11 Å². The molecule has 1 N–H and O–H groups in total. The van der Waals surface area contributed by atoms with Crippen molar-refractivity contribution >= 4 is 29.4 Å². The van der Waals surface area contributed by atoms with E-state index >= 15 is 0 Å². The minimum absolute atomic E-state index is 0. The number of aliphatic carboxylic acids is 1. The second-order valence-corrected chi connectivity index (χ2v) is 9.25. The number of fused-ring (bicyclic) bond motifs is 1. The molecule has 0 radical (unpaired) electrons. The lowest BCUT2D eigenvalue weighted by Gasteiger charge is -2.14. The van der Waals surface area contributed by atoms with Crippen molar-refractivity contribution in [1.29, 1.82) is 0 Å². The Labute approximate surface area is 239 Å². The van der Waals surface area contributed by atoms with Crippen LogP contribution in [0.1, 0.15) is 23.4 Å². The highest BCUT2D eigenvalue weighted by molar-refractivity contribution is 5.85. The van der Waals surface area contributed by atoms with Crippen LogP contribution in [0.3, 0.4) is 0 Å². The second-order valence-electron chi connectivity index (χ2n) is 9.25. The third-order valence-corrected chi connectivity index (χ3v) is 6.65. The summed E-state index contributed by atoms with van der Waals surface area (Å²) < 4.78 is 19.6. The fraction of sp³-hybridized carbons (Fsp3) is 0.188. The van der Waals surface area contributed by atoms with Crippen LogP contribution < -0.4 is 14.2 Å². The van der Waals surface area contributed by atoms with Crippen LogP contribution >= 0.6 is 12.4 Å². The first-order valence-corrected chi connectivity index (χ1v) is 12.7. The number of rotatable bonds is 11. The van der Waals surface area contributed by atoms with Crippen LogP contribution in [0.25, 0.3) is 22.2 Å². The number of nitrogens with zero attached hydrogens (tertiary/aromatic N) is 2. The molecular formula is C32H31ClN2O5. The van der Waals surface area contributed by atoms with E-state index in [1.165, 1.54) is 0 Å². The maximum absolute atomic E-state index is 11.2. The molecule has 0 aliphatic carbocycles. The van der Waals surface area contributed by atoms with Crippen molar-refractivity contribution in [3.8, 4) is 28.4 Å². The summed E-state index contributed by atoms with van der Waals surface area (Å²) in [5.41, 5.74) is 5.95. The predicted octanol–water partition coefficient (Wildman–Crippen LogP) is 6.85. The van der Waals surface area contributed by atoms with Crippen LogP contribution in [0, 0.1) is 0 Å². The first-order chi connectivity index (χ1) is 19.0. The minimum Gasteiger partial charge on any atom is -0.497 e. The average molecular weight is 559 g/mol. The number of benzene rings is 4. The summed E-state index contributed by atoms with van der Waals surface area (Å²) >= 11 is 0. The Balaban J connectivity index is 0.00000370. The monoisotopic (exact) mass is 558 g/mol. The summed E-state index contributed by atoms with van der Waals surface area (Å²) in [5.74, 6) is 1.92. The summed E-state index contributed by atoms with van der Waals surface area (Å²) in [4.78, 5) is 15.9. The molecule has 0 atom stereocenters. The Morgan fingerprint density at radius 3 is 2.30 bits per heavy atom. The lowest BCUT2D eigenvalue weighted by atomic mass is 10.0. The van der Waals surface area contributed by atoms with Gasteiger partial charge in [-0.25, -0.2) is 4.98 Å². The molecular weight excluding hydrogens is 528 g/mol. The molecule has 0 unspecified atom stereocenters. The molecule has 0 aliphatic heterocycles. The van der Waals surface area contributed by atoms with Gasteiger partial charge in [-0.2, -0.15) is 0 Å². The van der Waals surface area contributed by atoms with Crippen molar-refractivity contribution in [2.24, 2.45) is 7.05 Å². The highest BCUT2D eigenvalue weighted by Gasteiger charge is 2.12. The van der Waals surface area contributed by atoms with Gasteiger partial charge in [-0.15, -0.1) is 12.4 Å². The molecule has 0 amide bonds. The molecule has 0 saturated heterocycles. The van der Waals surface area contributed by atoms with Gasteiger partial charge in [0.1, 0.15) is 36.3 Å². The molecule has 0 saturated carbocycles. The van der Waals surface area contributed by atoms with Gasteiger partial charge in [0.25, 0.3) is 0 Å². The standard InChI is InChI=1S/C32H30N2O5.ClH/c1-34-29-18-26(37-2)15-16-28(29)33-31(34)21-38-27-14-12-25(13-17-32(35)36)30(19-27)39-20-22-8-10-24(11-9-22)23-6-4-3-5-7-23;/h3-12,14-16,18-19H,13,17,20-21H2,1-2H3,(H,35,36);1H. The van der Waals surface area contributed by atoms with Gasteiger partial charge >= 0.3 is 5.97 Å². The van der Waals surface area contributed by atoms with Crippen LogP contribution in [0.4, 0.5) is 0 Å². The second kappa shape index (κ2) is 13.0. The van der Waals surface area contributed by atoms with Crippen LogP contribution in [0.2, 0.25) is 0 Å². The van der Waals surface area contributed by atoms with Crippen LogP contribution in [-0.2, 0) is 31.5 Å². The number of aromatic nitrogens is 2. The van der Waals surface area contributed by atoms with Gasteiger partial charge in [-0.3, -0.25) is 4.79 Å². The minimum atomic E-state index is -0.851. The fourth-order valence-corrected chi connectivity index (χ4v) is 4.42. The van der Waals surface area contributed by atoms with Gasteiger partial charge in [-0.05, 0) is 46.9 Å². The van der Waals surface area contributed by atoms with Crippen LogP contribution in [-0.4, -0.2) is 27.7 Å². The van der Waals surface area contributed by atoms with Crippen molar-refractivity contribution in [3.63, 3.8) is 0 Å². The number of carboxylic acid groups (broad SMARTS) is 1. The molecule has 0 fully saturated rings. The van der Waals surface area contributed by atoms with Gasteiger partial charge in [0.2, 0.25) is 0 Å². The first-order valence-electron chi connectivity index (χ1n) is 12.7. The Morgan fingerprint density at radius 1 is 0.850 bits per heavy atom. The molecule has 5 aromatic rings. The van der Waals surface area contributed by atoms with E-state index in [1.807, 2.05) is 78.3 Å². The van der Waals surface area contributed by atoms with Crippen LogP contribution in [0.5, 0.6) is 17.2 Å². The van der Waals surface area contributed by atoms with Gasteiger partial charge in [0.15, 0.2) is 0 Å². The van der Waals surface area contributed by atoms with Crippen LogP contribution in [0.15, 0.2) is 91.0 Å². The largest absolute Gasteiger partial charge is 0.497 e. The summed E-state index contributed by atoms with van der Waals surface area (Å²) in [5, 5.41) is 9.19. The zero-order valence-corrected chi connectivity index (χ0v) is 23.2. The quantitative estimate of drug-likeness (QED) is 0.191. The molecule has 0 bridgehead atoms. The van der Waals surface area contributed by atoms with E-state index in [-0.39, 0.29) is 25.4 Å². The van der Waals surface area contributed by atoms with Crippen molar-refractivity contribution in [3.05, 3.63) is 108 Å². The smallest absolute Gasteiger partial charge is 0.303 e. The number of ether oxygens (including phenoxy) is 3. The third kappa shape index (κ3) is 6.74. The van der Waals surface area contributed by atoms with Gasteiger partial charge in [0, 0.05) is 25.6 Å². The number of hydrogen-bond acceptors (Lipinski definition) is 5. The first kappa shape index (κ1) is 28.5. The van der Waals surface area contributed by atoms with Gasteiger partial charge < -0.3 is 23.9 Å². The summed E-state index contributed by atoms with van der Waals surface area (Å²) in [7, 11) is 3.58. The number of imidazole rings is 1. The van der Waals surface area contributed by atoms with E-state index in [1.54, 1.807) is 7.11 Å². The zero-order chi connectivity index (χ0) is 27.2. The SMILES string of the molecule is COc1ccc2nc(COc3ccc(CCC(=O)O)c(OCc4ccc(-c5ccccc5)cc4)c3)n(C)c2c1.Cl. The molecule has 1 aromatic heterocycles. The molecule has 0 aliphatic rings. The highest BCUT2D eigenvalue weighted by Crippen LogP contribution is 2.29. The molecule has 206 valence electrons. The molecule has 5 rings (SSSR count). The number of aryl methyl sites for hydroxylation is 2. The predicted molar refractivity (Wildman–Crippen MR) is 157 cm³/mol. The molecule has 8 heteroatoms. The van der Waals surface area contributed by atoms with Gasteiger partial charge in [-0.1, -0.05) is 60.7 Å². The number of carbonyl (C=O) groups is 1. The Hall–Kier alpha value is -4.49. The maximum atomic E-state index is 11.2. The summed E-state index contributed by atoms with van der Waals surface area (Å²) in [6.07, 6.45) is 0.385. The highest BCUT2D eigenvalue weighted by atomic mass is 35.5. The van der Waals surface area contributed by atoms with E-state index in [9.17, 15) is 9.90 Å². The normalized spacial score (nSPS) is 10.7. The van der Waals surface area contributed by atoms with Crippen molar-refractivity contribution in [1.82, 2.24) is 9.55 Å². The van der Waals surface area contributed by atoms with E-state index in [4.69, 9.17) is 14.2 Å². The Kier molecular flexibility index (Phi) is 9.30. The lowest BCUT2D eigenvalue weighted by Crippen LogP contribution is -2.05. The molecule has 1 heterocycles. The number of carboxylic acids is 1. The Morgan fingerprint density at radius 2 is 1.57 bits per heavy atom. The lowest BCUT2D eigenvalue weighted by molar-refractivity contribution is -0.136. The third-order valence-electron chi connectivity index (χ3n) is 6.65. The topological polar surface area (TPSA) is 82.8 Å². The molecule has 0 spiro atoms. The fourth-order valence-electron chi connectivity index (χ4n) is 4.42. The Bertz CT molecular complexity index is 1580. The summed E-state index contributed by atoms with van der Waals surface area (Å²) in [6.45, 7) is 0.619. The van der Waals surface area contributed by atoms with Crippen molar-refractivity contribution < 1.29 is 24.1 Å². The molecule has 4 aromatic carbocycles. The average Bonchev–Trinajstić information content (AvgIpc) is 3.29. The van der Waals surface area contributed by atoms with E-state index in [0.29, 0.717) is 24.5 Å². The van der Waals surface area contributed by atoms with E-state index < -0.39 is 5.97 Å². The van der Waals surface area contributed by atoms with E-state index in [0.717, 1.165) is 44.9 Å². The summed E-state index contributed by atoms with van der Waals surface area (Å²) in [6, 6.07) is 29.7. The maximum Gasteiger partial charge on any atom is 0.303 e. The van der Waals surface area contributed by atoms with E-state index in [2.05, 4.69) is 29.2 Å². The number of halogens is 1. The van der Waals surface area contributed by atoms with Gasteiger partial charge in [0.05, 0.1) is 18.1 Å². The van der Waals surface area contributed by atoms with Crippen molar-refractivity contribution in [2.45, 2.75) is 26.1 Å². The number of methoxy groups -OCH3 is 1. The molecule has 40 heavy (non-hydrogen) atoms.